The third kappa shape index (κ3) is 1.20. The first-order valence-electron chi connectivity index (χ1n) is 3.79. The fraction of sp³-hybridized carbons (Fsp3) is 0.333. The Bertz CT molecular complexity index is 311. The van der Waals surface area contributed by atoms with Crippen molar-refractivity contribution in [2.75, 3.05) is 0 Å². The van der Waals surface area contributed by atoms with Crippen molar-refractivity contribution in [2.24, 2.45) is 0 Å². The van der Waals surface area contributed by atoms with Crippen molar-refractivity contribution in [3.05, 3.63) is 35.4 Å². The Morgan fingerprint density at radius 1 is 1.33 bits per heavy atom. The summed E-state index contributed by atoms with van der Waals surface area (Å²) in [5, 5.41) is 0. The largest absolute Gasteiger partial charge is 0.365 e. The molecule has 1 nitrogen and oxygen atoms in total. The molecule has 0 unspecified atom stereocenters. The zero-order valence-corrected chi connectivity index (χ0v) is 6.55. The van der Waals surface area contributed by atoms with Crippen molar-refractivity contribution >= 4 is 0 Å². The minimum Gasteiger partial charge on any atom is -0.365 e. The monoisotopic (exact) mass is 170 g/mol. The molecule has 1 aromatic carbocycles. The average molecular weight is 170 g/mol. The fourth-order valence-corrected chi connectivity index (χ4v) is 1.24. The van der Waals surface area contributed by atoms with Gasteiger partial charge in [-0.1, -0.05) is 6.07 Å². The number of ether oxygens (including phenoxy) is 1. The van der Waals surface area contributed by atoms with Crippen molar-refractivity contribution in [1.82, 2.24) is 0 Å². The van der Waals surface area contributed by atoms with Crippen LogP contribution in [0, 0.1) is 11.6 Å². The highest BCUT2D eigenvalue weighted by molar-refractivity contribution is 5.24. The zero-order chi connectivity index (χ0) is 8.72. The zero-order valence-electron chi connectivity index (χ0n) is 6.55. The molecule has 0 spiro atoms. The van der Waals surface area contributed by atoms with Gasteiger partial charge in [-0.25, -0.2) is 8.78 Å². The summed E-state index contributed by atoms with van der Waals surface area (Å²) in [4.78, 5) is 0. The number of epoxide rings is 1. The Morgan fingerprint density at radius 3 is 2.50 bits per heavy atom. The van der Waals surface area contributed by atoms with Gasteiger partial charge in [0, 0.05) is 11.6 Å². The number of hydrogen-bond donors (Lipinski definition) is 0. The predicted molar refractivity (Wildman–Crippen MR) is 39.6 cm³/mol. The molecule has 1 saturated heterocycles. The molecule has 1 aromatic rings. The van der Waals surface area contributed by atoms with Gasteiger partial charge < -0.3 is 4.74 Å². The molecular weight excluding hydrogens is 162 g/mol. The molecule has 0 bridgehead atoms. The highest BCUT2D eigenvalue weighted by Gasteiger charge is 2.37. The molecule has 12 heavy (non-hydrogen) atoms. The van der Waals surface area contributed by atoms with Crippen LogP contribution < -0.4 is 0 Å². The lowest BCUT2D eigenvalue weighted by Gasteiger charge is -1.97. The van der Waals surface area contributed by atoms with Crippen molar-refractivity contribution in [3.63, 3.8) is 0 Å². The van der Waals surface area contributed by atoms with Crippen LogP contribution in [0.15, 0.2) is 18.2 Å². The second kappa shape index (κ2) is 2.52. The SMILES string of the molecule is C[C@H]1O[C@H]1c1ccc(F)cc1F. The summed E-state index contributed by atoms with van der Waals surface area (Å²) in [7, 11) is 0. The molecule has 1 fully saturated rings. The van der Waals surface area contributed by atoms with E-state index in [9.17, 15) is 8.78 Å². The number of halogens is 2. The van der Waals surface area contributed by atoms with Crippen molar-refractivity contribution in [3.8, 4) is 0 Å². The normalized spacial score (nSPS) is 27.2. The van der Waals surface area contributed by atoms with Crippen LogP contribution in [0.1, 0.15) is 18.6 Å². The summed E-state index contributed by atoms with van der Waals surface area (Å²) in [5.74, 6) is -1.08. The minimum atomic E-state index is -0.551. The second-order valence-corrected chi connectivity index (χ2v) is 2.93. The summed E-state index contributed by atoms with van der Waals surface area (Å²) >= 11 is 0. The van der Waals surface area contributed by atoms with Gasteiger partial charge >= 0.3 is 0 Å². The van der Waals surface area contributed by atoms with Crippen LogP contribution in [0.2, 0.25) is 0 Å². The molecule has 0 N–H and O–H groups in total. The molecule has 0 aromatic heterocycles. The lowest BCUT2D eigenvalue weighted by molar-refractivity contribution is 0.378. The Hall–Kier alpha value is -0.960. The van der Waals surface area contributed by atoms with Gasteiger partial charge in [0.1, 0.15) is 17.7 Å². The standard InChI is InChI=1S/C9H8F2O/c1-5-9(12-5)7-3-2-6(10)4-8(7)11/h2-5,9H,1H3/t5-,9-/m1/s1. The predicted octanol–water partition coefficient (Wildman–Crippen LogP) is 2.42. The van der Waals surface area contributed by atoms with E-state index in [4.69, 9.17) is 4.74 Å². The quantitative estimate of drug-likeness (QED) is 0.589. The first-order chi connectivity index (χ1) is 5.68. The van der Waals surface area contributed by atoms with E-state index in [0.717, 1.165) is 6.07 Å². The van der Waals surface area contributed by atoms with Crippen molar-refractivity contribution in [2.45, 2.75) is 19.1 Å². The van der Waals surface area contributed by atoms with Crippen LogP contribution in [0.25, 0.3) is 0 Å². The molecule has 64 valence electrons. The summed E-state index contributed by atoms with van der Waals surface area (Å²) in [6.07, 6.45) is -0.115. The van der Waals surface area contributed by atoms with E-state index in [-0.39, 0.29) is 12.2 Å². The van der Waals surface area contributed by atoms with Crippen molar-refractivity contribution < 1.29 is 13.5 Å². The Labute approximate surface area is 69.0 Å². The lowest BCUT2D eigenvalue weighted by Crippen LogP contribution is -1.90. The molecule has 0 saturated carbocycles. The van der Waals surface area contributed by atoms with Crippen LogP contribution in [-0.4, -0.2) is 6.10 Å². The summed E-state index contributed by atoms with van der Waals surface area (Å²) in [6, 6.07) is 3.55. The highest BCUT2D eigenvalue weighted by atomic mass is 19.1. The van der Waals surface area contributed by atoms with Crippen LogP contribution >= 0.6 is 0 Å². The molecular formula is C9H8F2O. The first kappa shape index (κ1) is 7.68. The topological polar surface area (TPSA) is 12.5 Å². The van der Waals surface area contributed by atoms with Gasteiger partial charge in [-0.3, -0.25) is 0 Å². The molecule has 2 rings (SSSR count). The molecule has 1 heterocycles. The second-order valence-electron chi connectivity index (χ2n) is 2.93. The number of rotatable bonds is 1. The Kier molecular flexibility index (Phi) is 1.61. The smallest absolute Gasteiger partial charge is 0.132 e. The number of benzene rings is 1. The Balaban J connectivity index is 2.33. The van der Waals surface area contributed by atoms with E-state index < -0.39 is 11.6 Å². The van der Waals surface area contributed by atoms with Crippen LogP contribution in [0.3, 0.4) is 0 Å². The summed E-state index contributed by atoms with van der Waals surface area (Å²) < 4.78 is 30.5. The Morgan fingerprint density at radius 2 is 2.00 bits per heavy atom. The summed E-state index contributed by atoms with van der Waals surface area (Å²) in [5.41, 5.74) is 0.448. The third-order valence-electron chi connectivity index (χ3n) is 1.98. The fourth-order valence-electron chi connectivity index (χ4n) is 1.24. The molecule has 3 heteroatoms. The maximum Gasteiger partial charge on any atom is 0.132 e. The minimum absolute atomic E-state index is 0.0601. The highest BCUT2D eigenvalue weighted by Crippen LogP contribution is 2.39. The van der Waals surface area contributed by atoms with Gasteiger partial charge in [0.05, 0.1) is 6.10 Å². The van der Waals surface area contributed by atoms with Gasteiger partial charge in [-0.05, 0) is 13.0 Å². The molecule has 1 aliphatic rings. The van der Waals surface area contributed by atoms with Crippen LogP contribution in [-0.2, 0) is 4.74 Å². The third-order valence-corrected chi connectivity index (χ3v) is 1.98. The number of hydrogen-bond acceptors (Lipinski definition) is 1. The van der Waals surface area contributed by atoms with E-state index in [2.05, 4.69) is 0 Å². The molecule has 0 amide bonds. The van der Waals surface area contributed by atoms with E-state index in [0.29, 0.717) is 5.56 Å². The lowest BCUT2D eigenvalue weighted by atomic mass is 10.1. The van der Waals surface area contributed by atoms with Gasteiger partial charge in [0.25, 0.3) is 0 Å². The average Bonchev–Trinajstić information content (AvgIpc) is 2.66. The van der Waals surface area contributed by atoms with Crippen LogP contribution in [0.5, 0.6) is 0 Å². The molecule has 1 aliphatic heterocycles. The van der Waals surface area contributed by atoms with Crippen LogP contribution in [0.4, 0.5) is 8.78 Å². The van der Waals surface area contributed by atoms with E-state index in [1.165, 1.54) is 12.1 Å². The maximum atomic E-state index is 13.0. The van der Waals surface area contributed by atoms with Gasteiger partial charge in [0.15, 0.2) is 0 Å². The molecule has 0 aliphatic carbocycles. The first-order valence-corrected chi connectivity index (χ1v) is 3.79. The van der Waals surface area contributed by atoms with Gasteiger partial charge in [-0.2, -0.15) is 0 Å². The molecule has 0 radical (unpaired) electrons. The maximum absolute atomic E-state index is 13.0. The molecule has 2 atom stereocenters. The van der Waals surface area contributed by atoms with E-state index in [1.54, 1.807) is 0 Å². The van der Waals surface area contributed by atoms with E-state index in [1.807, 2.05) is 6.92 Å². The van der Waals surface area contributed by atoms with E-state index >= 15 is 0 Å². The van der Waals surface area contributed by atoms with Gasteiger partial charge in [-0.15, -0.1) is 0 Å². The van der Waals surface area contributed by atoms with Gasteiger partial charge in [0.2, 0.25) is 0 Å². The summed E-state index contributed by atoms with van der Waals surface area (Å²) in [6.45, 7) is 1.85. The van der Waals surface area contributed by atoms with Crippen molar-refractivity contribution in [1.29, 1.82) is 0 Å².